The van der Waals surface area contributed by atoms with Crippen molar-refractivity contribution < 1.29 is 0 Å². The fourth-order valence-electron chi connectivity index (χ4n) is 3.54. The van der Waals surface area contributed by atoms with E-state index < -0.39 is 0 Å². The highest BCUT2D eigenvalue weighted by Crippen LogP contribution is 2.22. The van der Waals surface area contributed by atoms with Gasteiger partial charge in [-0.05, 0) is 65.7 Å². The Kier molecular flexibility index (Phi) is 9.92. The molecule has 4 nitrogen and oxygen atoms in total. The van der Waals surface area contributed by atoms with E-state index in [0.29, 0.717) is 26.2 Å². The lowest BCUT2D eigenvalue weighted by Crippen LogP contribution is -2.21. The van der Waals surface area contributed by atoms with Gasteiger partial charge >= 0.3 is 0 Å². The highest BCUT2D eigenvalue weighted by atomic mass is 79.9. The number of hydrogen-bond donors (Lipinski definition) is 4. The lowest BCUT2D eigenvalue weighted by atomic mass is 9.97. The zero-order chi connectivity index (χ0) is 24.5. The summed E-state index contributed by atoms with van der Waals surface area (Å²) in [5.41, 5.74) is 29.2. The molecule has 0 spiro atoms. The SMILES string of the molecule is NCC(CN)c1cc(Br)cc(C#Cc2cccc(C#Cc3cc(Br)cc(C(CN)CN)c3)c2)c1. The largest absolute Gasteiger partial charge is 0.330 e. The summed E-state index contributed by atoms with van der Waals surface area (Å²) in [7, 11) is 0. The minimum atomic E-state index is 0.111. The normalized spacial score (nSPS) is 10.6. The second-order valence-electron chi connectivity index (χ2n) is 7.96. The van der Waals surface area contributed by atoms with E-state index in [4.69, 9.17) is 22.9 Å². The average Bonchev–Trinajstić information content (AvgIpc) is 2.83. The summed E-state index contributed by atoms with van der Waals surface area (Å²) in [4.78, 5) is 0. The predicted octanol–water partition coefficient (Wildman–Crippen LogP) is 4.01. The van der Waals surface area contributed by atoms with Crippen LogP contribution in [0.3, 0.4) is 0 Å². The molecule has 0 saturated carbocycles. The summed E-state index contributed by atoms with van der Waals surface area (Å²) in [6.45, 7) is 2.00. The lowest BCUT2D eigenvalue weighted by molar-refractivity contribution is 0.708. The van der Waals surface area contributed by atoms with Crippen LogP contribution in [-0.4, -0.2) is 26.2 Å². The number of nitrogens with two attached hydrogens (primary N) is 4. The van der Waals surface area contributed by atoms with Crippen molar-refractivity contribution in [2.45, 2.75) is 11.8 Å². The molecule has 174 valence electrons. The van der Waals surface area contributed by atoms with Crippen LogP contribution >= 0.6 is 31.9 Å². The van der Waals surface area contributed by atoms with Gasteiger partial charge in [-0.15, -0.1) is 0 Å². The molecule has 3 aromatic rings. The van der Waals surface area contributed by atoms with Crippen LogP contribution in [0.1, 0.15) is 45.2 Å². The summed E-state index contributed by atoms with van der Waals surface area (Å²) in [6, 6.07) is 20.1. The Balaban J connectivity index is 1.85. The number of benzene rings is 3. The first-order valence-corrected chi connectivity index (χ1v) is 12.6. The van der Waals surface area contributed by atoms with Crippen molar-refractivity contribution in [3.8, 4) is 23.7 Å². The molecule has 0 saturated heterocycles. The highest BCUT2D eigenvalue weighted by molar-refractivity contribution is 9.10. The van der Waals surface area contributed by atoms with Crippen LogP contribution in [0.5, 0.6) is 0 Å². The smallest absolute Gasteiger partial charge is 0.0263 e. The first-order chi connectivity index (χ1) is 16.4. The monoisotopic (exact) mass is 578 g/mol. The van der Waals surface area contributed by atoms with Gasteiger partial charge in [0, 0.05) is 69.2 Å². The minimum absolute atomic E-state index is 0.111. The van der Waals surface area contributed by atoms with E-state index in [2.05, 4.69) is 55.5 Å². The van der Waals surface area contributed by atoms with Crippen molar-refractivity contribution >= 4 is 31.9 Å². The first kappa shape index (κ1) is 26.2. The molecule has 8 N–H and O–H groups in total. The van der Waals surface area contributed by atoms with Gasteiger partial charge in [-0.1, -0.05) is 61.6 Å². The van der Waals surface area contributed by atoms with Gasteiger partial charge in [0.25, 0.3) is 0 Å². The Morgan fingerprint density at radius 3 is 1.29 bits per heavy atom. The van der Waals surface area contributed by atoms with E-state index in [-0.39, 0.29) is 11.8 Å². The fourth-order valence-corrected chi connectivity index (χ4v) is 4.56. The Hall–Kier alpha value is -2.42. The van der Waals surface area contributed by atoms with Crippen LogP contribution in [0.4, 0.5) is 0 Å². The van der Waals surface area contributed by atoms with Crippen LogP contribution in [0.15, 0.2) is 69.6 Å². The first-order valence-electron chi connectivity index (χ1n) is 11.0. The molecular weight excluding hydrogens is 552 g/mol. The molecule has 0 aliphatic carbocycles. The maximum atomic E-state index is 5.86. The van der Waals surface area contributed by atoms with Gasteiger partial charge in [-0.2, -0.15) is 0 Å². The third kappa shape index (κ3) is 7.29. The van der Waals surface area contributed by atoms with Crippen LogP contribution in [0, 0.1) is 23.7 Å². The van der Waals surface area contributed by atoms with Crippen molar-refractivity contribution in [2.75, 3.05) is 26.2 Å². The van der Waals surface area contributed by atoms with Crippen molar-refractivity contribution in [3.05, 3.63) is 103 Å². The number of halogens is 2. The van der Waals surface area contributed by atoms with E-state index in [9.17, 15) is 0 Å². The Morgan fingerprint density at radius 2 is 0.912 bits per heavy atom. The van der Waals surface area contributed by atoms with Crippen LogP contribution < -0.4 is 22.9 Å². The van der Waals surface area contributed by atoms with Gasteiger partial charge in [0.2, 0.25) is 0 Å². The standard InChI is InChI=1S/C28H28Br2N4/c29-27-11-21(9-23(13-27)25(15-31)16-32)6-4-19-2-1-3-20(8-19)5-7-22-10-24(14-28(30)12-22)26(17-33)18-34/h1-3,8-14,25-26H,15-18,31-34H2. The summed E-state index contributed by atoms with van der Waals surface area (Å²) >= 11 is 7.13. The maximum Gasteiger partial charge on any atom is 0.0263 e. The highest BCUT2D eigenvalue weighted by Gasteiger charge is 2.10. The molecular formula is C28H28Br2N4. The minimum Gasteiger partial charge on any atom is -0.330 e. The van der Waals surface area contributed by atoms with E-state index in [1.54, 1.807) is 0 Å². The molecule has 0 fully saturated rings. The molecule has 0 atom stereocenters. The summed E-state index contributed by atoms with van der Waals surface area (Å²) in [6.07, 6.45) is 0. The zero-order valence-electron chi connectivity index (χ0n) is 18.8. The van der Waals surface area contributed by atoms with Gasteiger partial charge in [-0.25, -0.2) is 0 Å². The van der Waals surface area contributed by atoms with Gasteiger partial charge in [-0.3, -0.25) is 0 Å². The third-order valence-electron chi connectivity index (χ3n) is 5.49. The Morgan fingerprint density at radius 1 is 0.529 bits per heavy atom. The molecule has 6 heteroatoms. The lowest BCUT2D eigenvalue weighted by Gasteiger charge is -2.13. The molecule has 34 heavy (non-hydrogen) atoms. The van der Waals surface area contributed by atoms with Crippen LogP contribution in [0.25, 0.3) is 0 Å². The molecule has 0 aliphatic rings. The van der Waals surface area contributed by atoms with Crippen molar-refractivity contribution in [1.82, 2.24) is 0 Å². The van der Waals surface area contributed by atoms with E-state index in [1.165, 1.54) is 0 Å². The fraction of sp³-hybridized carbons (Fsp3) is 0.214. The second kappa shape index (κ2) is 12.9. The van der Waals surface area contributed by atoms with Crippen molar-refractivity contribution in [3.63, 3.8) is 0 Å². The summed E-state index contributed by atoms with van der Waals surface area (Å²) in [5.74, 6) is 13.2. The van der Waals surface area contributed by atoms with Gasteiger partial charge < -0.3 is 22.9 Å². The third-order valence-corrected chi connectivity index (χ3v) is 6.40. The Bertz CT molecular complexity index is 1160. The van der Waals surface area contributed by atoms with Crippen molar-refractivity contribution in [1.29, 1.82) is 0 Å². The molecule has 0 heterocycles. The molecule has 0 aromatic heterocycles. The zero-order valence-corrected chi connectivity index (χ0v) is 22.0. The molecule has 0 amide bonds. The predicted molar refractivity (Wildman–Crippen MR) is 148 cm³/mol. The molecule has 3 aromatic carbocycles. The molecule has 0 bridgehead atoms. The van der Waals surface area contributed by atoms with E-state index >= 15 is 0 Å². The Labute approximate surface area is 218 Å². The van der Waals surface area contributed by atoms with Gasteiger partial charge in [0.1, 0.15) is 0 Å². The summed E-state index contributed by atoms with van der Waals surface area (Å²) in [5, 5.41) is 0. The second-order valence-corrected chi connectivity index (χ2v) is 9.80. The molecule has 0 unspecified atom stereocenters. The average molecular weight is 580 g/mol. The number of rotatable bonds is 6. The maximum absolute atomic E-state index is 5.86. The van der Waals surface area contributed by atoms with Crippen LogP contribution in [0.2, 0.25) is 0 Å². The quantitative estimate of drug-likeness (QED) is 0.331. The van der Waals surface area contributed by atoms with Gasteiger partial charge in [0.05, 0.1) is 0 Å². The van der Waals surface area contributed by atoms with Crippen LogP contribution in [-0.2, 0) is 0 Å². The van der Waals surface area contributed by atoms with E-state index in [1.807, 2.05) is 60.7 Å². The summed E-state index contributed by atoms with van der Waals surface area (Å²) < 4.78 is 1.92. The van der Waals surface area contributed by atoms with Crippen molar-refractivity contribution in [2.24, 2.45) is 22.9 Å². The van der Waals surface area contributed by atoms with Gasteiger partial charge in [0.15, 0.2) is 0 Å². The molecule has 0 radical (unpaired) electrons. The molecule has 0 aliphatic heterocycles. The number of hydrogen-bond acceptors (Lipinski definition) is 4. The topological polar surface area (TPSA) is 104 Å². The molecule has 3 rings (SSSR count). The van der Waals surface area contributed by atoms with E-state index in [0.717, 1.165) is 42.3 Å².